The lowest BCUT2D eigenvalue weighted by molar-refractivity contribution is 0.269. The quantitative estimate of drug-likeness (QED) is 0.874. The number of hydrogen-bond donors (Lipinski definition) is 0. The second kappa shape index (κ2) is 5.18. The highest BCUT2D eigenvalue weighted by Gasteiger charge is 2.09. The van der Waals surface area contributed by atoms with Gasteiger partial charge in [-0.05, 0) is 28.1 Å². The third kappa shape index (κ3) is 2.97. The summed E-state index contributed by atoms with van der Waals surface area (Å²) < 4.78 is 32.3. The first-order chi connectivity index (χ1) is 8.16. The van der Waals surface area contributed by atoms with Crippen LogP contribution in [-0.4, -0.2) is 9.97 Å². The highest BCUT2D eigenvalue weighted by molar-refractivity contribution is 9.10. The average molecular weight is 301 g/mol. The molecule has 0 radical (unpaired) electrons. The molecule has 0 aliphatic carbocycles. The van der Waals surface area contributed by atoms with E-state index in [1.165, 1.54) is 30.6 Å². The lowest BCUT2D eigenvalue weighted by Gasteiger charge is -2.06. The van der Waals surface area contributed by atoms with Crippen LogP contribution in [0.15, 0.2) is 35.1 Å². The second-order valence-corrected chi connectivity index (χ2v) is 4.09. The minimum atomic E-state index is -0.651. The molecule has 88 valence electrons. The molecule has 17 heavy (non-hydrogen) atoms. The van der Waals surface area contributed by atoms with Crippen LogP contribution in [0.3, 0.4) is 0 Å². The van der Waals surface area contributed by atoms with Gasteiger partial charge in [0.15, 0.2) is 0 Å². The first kappa shape index (κ1) is 11.9. The van der Waals surface area contributed by atoms with Crippen molar-refractivity contribution >= 4 is 15.9 Å². The molecular formula is C11H7BrF2N2O. The Bertz CT molecular complexity index is 499. The van der Waals surface area contributed by atoms with Crippen LogP contribution in [0, 0.1) is 11.6 Å². The van der Waals surface area contributed by atoms with Crippen LogP contribution in [0.2, 0.25) is 0 Å². The summed E-state index contributed by atoms with van der Waals surface area (Å²) in [4.78, 5) is 7.66. The molecule has 0 aliphatic heterocycles. The smallest absolute Gasteiger partial charge is 0.316 e. The second-order valence-electron chi connectivity index (χ2n) is 3.17. The molecule has 0 N–H and O–H groups in total. The fourth-order valence-corrected chi connectivity index (χ4v) is 1.39. The van der Waals surface area contributed by atoms with Gasteiger partial charge in [0.1, 0.15) is 18.2 Å². The van der Waals surface area contributed by atoms with Crippen molar-refractivity contribution in [2.24, 2.45) is 0 Å². The lowest BCUT2D eigenvalue weighted by Crippen LogP contribution is -2.03. The minimum Gasteiger partial charge on any atom is -0.458 e. The Morgan fingerprint density at radius 2 is 1.71 bits per heavy atom. The van der Waals surface area contributed by atoms with Crippen molar-refractivity contribution in [3.63, 3.8) is 0 Å². The number of hydrogen-bond acceptors (Lipinski definition) is 3. The normalized spacial score (nSPS) is 10.3. The molecule has 0 spiro atoms. The van der Waals surface area contributed by atoms with Crippen molar-refractivity contribution in [2.75, 3.05) is 0 Å². The molecule has 1 aromatic carbocycles. The zero-order chi connectivity index (χ0) is 12.3. The number of aromatic nitrogens is 2. The van der Waals surface area contributed by atoms with Crippen LogP contribution in [0.25, 0.3) is 0 Å². The average Bonchev–Trinajstić information content (AvgIpc) is 2.31. The summed E-state index contributed by atoms with van der Waals surface area (Å²) in [6, 6.07) is 3.70. The summed E-state index contributed by atoms with van der Waals surface area (Å²) in [5.41, 5.74) is -0.140. The van der Waals surface area contributed by atoms with Crippen LogP contribution in [0.4, 0.5) is 8.78 Å². The Labute approximate surface area is 105 Å². The molecule has 2 aromatic rings. The molecule has 1 aromatic heterocycles. The predicted molar refractivity (Wildman–Crippen MR) is 60.4 cm³/mol. The van der Waals surface area contributed by atoms with E-state index in [4.69, 9.17) is 4.74 Å². The SMILES string of the molecule is Fc1cccc(F)c1COc1ncc(Br)cn1. The third-order valence-corrected chi connectivity index (χ3v) is 2.41. The topological polar surface area (TPSA) is 35.0 Å². The molecule has 0 saturated carbocycles. The Kier molecular flexibility index (Phi) is 3.63. The highest BCUT2D eigenvalue weighted by atomic mass is 79.9. The summed E-state index contributed by atoms with van der Waals surface area (Å²) in [6.45, 7) is -0.250. The zero-order valence-electron chi connectivity index (χ0n) is 8.53. The fraction of sp³-hybridized carbons (Fsp3) is 0.0909. The van der Waals surface area contributed by atoms with E-state index in [2.05, 4.69) is 25.9 Å². The van der Waals surface area contributed by atoms with Crippen LogP contribution < -0.4 is 4.74 Å². The van der Waals surface area contributed by atoms with E-state index in [0.717, 1.165) is 0 Å². The Balaban J connectivity index is 2.10. The van der Waals surface area contributed by atoms with Gasteiger partial charge in [-0.25, -0.2) is 18.7 Å². The molecule has 0 aliphatic rings. The predicted octanol–water partition coefficient (Wildman–Crippen LogP) is 3.10. The standard InChI is InChI=1S/C11H7BrF2N2O/c12-7-4-15-11(16-5-7)17-6-8-9(13)2-1-3-10(8)14/h1-5H,6H2. The van der Waals surface area contributed by atoms with Gasteiger partial charge in [0, 0.05) is 12.4 Å². The molecule has 0 atom stereocenters. The number of halogens is 3. The molecule has 0 amide bonds. The number of nitrogens with zero attached hydrogens (tertiary/aromatic N) is 2. The third-order valence-electron chi connectivity index (χ3n) is 2.00. The summed E-state index contributed by atoms with van der Waals surface area (Å²) >= 11 is 3.16. The Morgan fingerprint density at radius 1 is 1.12 bits per heavy atom. The Hall–Kier alpha value is -1.56. The molecule has 2 rings (SSSR count). The molecule has 0 fully saturated rings. The van der Waals surface area contributed by atoms with Gasteiger partial charge >= 0.3 is 6.01 Å². The van der Waals surface area contributed by atoms with Gasteiger partial charge in [0.2, 0.25) is 0 Å². The Morgan fingerprint density at radius 3 is 2.29 bits per heavy atom. The maximum atomic E-state index is 13.2. The maximum Gasteiger partial charge on any atom is 0.316 e. The zero-order valence-corrected chi connectivity index (χ0v) is 10.1. The van der Waals surface area contributed by atoms with Gasteiger partial charge in [0.05, 0.1) is 10.0 Å². The molecule has 0 saturated heterocycles. The van der Waals surface area contributed by atoms with Crippen molar-refractivity contribution in [3.8, 4) is 6.01 Å². The molecule has 0 unspecified atom stereocenters. The van der Waals surface area contributed by atoms with E-state index in [0.29, 0.717) is 4.47 Å². The van der Waals surface area contributed by atoms with Gasteiger partial charge in [-0.3, -0.25) is 0 Å². The van der Waals surface area contributed by atoms with E-state index in [-0.39, 0.29) is 18.2 Å². The van der Waals surface area contributed by atoms with Gasteiger partial charge in [-0.1, -0.05) is 6.07 Å². The van der Waals surface area contributed by atoms with E-state index in [1.807, 2.05) is 0 Å². The van der Waals surface area contributed by atoms with E-state index >= 15 is 0 Å². The van der Waals surface area contributed by atoms with Crippen LogP contribution in [0.1, 0.15) is 5.56 Å². The first-order valence-corrected chi connectivity index (χ1v) is 5.49. The van der Waals surface area contributed by atoms with Gasteiger partial charge in [-0.2, -0.15) is 0 Å². The monoisotopic (exact) mass is 300 g/mol. The number of ether oxygens (including phenoxy) is 1. The maximum absolute atomic E-state index is 13.2. The van der Waals surface area contributed by atoms with Crippen LogP contribution >= 0.6 is 15.9 Å². The van der Waals surface area contributed by atoms with Crippen LogP contribution in [-0.2, 0) is 6.61 Å². The molecule has 1 heterocycles. The van der Waals surface area contributed by atoms with Crippen molar-refractivity contribution in [2.45, 2.75) is 6.61 Å². The van der Waals surface area contributed by atoms with Crippen molar-refractivity contribution in [1.82, 2.24) is 9.97 Å². The first-order valence-electron chi connectivity index (χ1n) is 4.70. The number of rotatable bonds is 3. The van der Waals surface area contributed by atoms with Crippen LogP contribution in [0.5, 0.6) is 6.01 Å². The molecule has 6 heteroatoms. The summed E-state index contributed by atoms with van der Waals surface area (Å²) in [6.07, 6.45) is 2.97. The largest absolute Gasteiger partial charge is 0.458 e. The van der Waals surface area contributed by atoms with Gasteiger partial charge < -0.3 is 4.74 Å². The van der Waals surface area contributed by atoms with Crippen molar-refractivity contribution in [3.05, 3.63) is 52.3 Å². The fourth-order valence-electron chi connectivity index (χ4n) is 1.18. The van der Waals surface area contributed by atoms with Gasteiger partial charge in [-0.15, -0.1) is 0 Å². The van der Waals surface area contributed by atoms with E-state index in [9.17, 15) is 8.78 Å². The number of benzene rings is 1. The summed E-state index contributed by atoms with van der Waals surface area (Å²) in [5, 5.41) is 0. The van der Waals surface area contributed by atoms with Gasteiger partial charge in [0.25, 0.3) is 0 Å². The van der Waals surface area contributed by atoms with E-state index < -0.39 is 11.6 Å². The molecular weight excluding hydrogens is 294 g/mol. The molecule has 0 bridgehead atoms. The lowest BCUT2D eigenvalue weighted by atomic mass is 10.2. The summed E-state index contributed by atoms with van der Waals surface area (Å²) in [7, 11) is 0. The minimum absolute atomic E-state index is 0.0656. The van der Waals surface area contributed by atoms with Crippen molar-refractivity contribution in [1.29, 1.82) is 0 Å². The highest BCUT2D eigenvalue weighted by Crippen LogP contribution is 2.15. The summed E-state index contributed by atoms with van der Waals surface area (Å²) in [5.74, 6) is -1.30. The van der Waals surface area contributed by atoms with E-state index in [1.54, 1.807) is 0 Å². The van der Waals surface area contributed by atoms with Crippen molar-refractivity contribution < 1.29 is 13.5 Å². The molecule has 3 nitrogen and oxygen atoms in total.